The summed E-state index contributed by atoms with van der Waals surface area (Å²) in [4.78, 5) is 16.0. The molecule has 2 N–H and O–H groups in total. The van der Waals surface area contributed by atoms with E-state index in [1.165, 1.54) is 10.9 Å². The van der Waals surface area contributed by atoms with E-state index in [4.69, 9.17) is 21.1 Å². The monoisotopic (exact) mass is 474 g/mol. The first kappa shape index (κ1) is 22.4. The van der Waals surface area contributed by atoms with Gasteiger partial charge in [0.25, 0.3) is 0 Å². The van der Waals surface area contributed by atoms with E-state index in [9.17, 15) is 4.79 Å². The predicted molar refractivity (Wildman–Crippen MR) is 135 cm³/mol. The molecule has 1 amide bonds. The van der Waals surface area contributed by atoms with E-state index in [1.54, 1.807) is 21.1 Å². The quantitative estimate of drug-likeness (QED) is 0.372. The van der Waals surface area contributed by atoms with Crippen molar-refractivity contribution in [2.45, 2.75) is 31.2 Å². The SMILES string of the molecule is COc1ccc([C@@H]2C[C@@H](NC(C)=O)[C@@H](c3ccc(Cl)cc3)c3[nH]c4ccccc4c32)cc1OC. The van der Waals surface area contributed by atoms with Gasteiger partial charge in [-0.1, -0.05) is 48.0 Å². The minimum atomic E-state index is -0.0997. The average molecular weight is 475 g/mol. The van der Waals surface area contributed by atoms with Gasteiger partial charge in [0, 0.05) is 46.4 Å². The summed E-state index contributed by atoms with van der Waals surface area (Å²) >= 11 is 6.19. The number of halogens is 1. The molecule has 1 aromatic heterocycles. The van der Waals surface area contributed by atoms with Gasteiger partial charge in [-0.2, -0.15) is 0 Å². The Morgan fingerprint density at radius 3 is 2.38 bits per heavy atom. The Bertz CT molecular complexity index is 1350. The van der Waals surface area contributed by atoms with Crippen LogP contribution in [0.1, 0.15) is 47.6 Å². The summed E-state index contributed by atoms with van der Waals surface area (Å²) in [5.41, 5.74) is 5.69. The number of aromatic amines is 1. The van der Waals surface area contributed by atoms with Crippen LogP contribution in [0.2, 0.25) is 5.02 Å². The van der Waals surface area contributed by atoms with Gasteiger partial charge in [0.05, 0.1) is 14.2 Å². The molecule has 3 aromatic carbocycles. The first-order valence-electron chi connectivity index (χ1n) is 11.3. The number of benzene rings is 3. The molecule has 0 aliphatic heterocycles. The number of methoxy groups -OCH3 is 2. The second kappa shape index (κ2) is 9.07. The van der Waals surface area contributed by atoms with Gasteiger partial charge in [0.15, 0.2) is 11.5 Å². The van der Waals surface area contributed by atoms with Crippen molar-refractivity contribution in [3.63, 3.8) is 0 Å². The molecule has 5 nitrogen and oxygen atoms in total. The van der Waals surface area contributed by atoms with E-state index < -0.39 is 0 Å². The largest absolute Gasteiger partial charge is 0.493 e. The standard InChI is InChI=1S/C28H27ClN2O3/c1-16(32)30-23-15-21(18-10-13-24(33-2)25(14-18)34-3)27-20-6-4-5-7-22(20)31-28(27)26(23)17-8-11-19(29)12-9-17/h4-14,21,23,26,31H,15H2,1-3H3,(H,30,32)/t21-,23+,26+/m0/s1. The number of ether oxygens (including phenoxy) is 2. The van der Waals surface area contributed by atoms with Gasteiger partial charge in [0.1, 0.15) is 0 Å². The van der Waals surface area contributed by atoms with Crippen molar-refractivity contribution in [2.75, 3.05) is 14.2 Å². The van der Waals surface area contributed by atoms with Crippen LogP contribution in [-0.2, 0) is 4.79 Å². The number of aromatic nitrogens is 1. The summed E-state index contributed by atoms with van der Waals surface area (Å²) < 4.78 is 11.1. The van der Waals surface area contributed by atoms with Crippen molar-refractivity contribution in [1.29, 1.82) is 0 Å². The first-order valence-corrected chi connectivity index (χ1v) is 11.7. The first-order chi connectivity index (χ1) is 16.5. The minimum Gasteiger partial charge on any atom is -0.493 e. The van der Waals surface area contributed by atoms with E-state index >= 15 is 0 Å². The highest BCUT2D eigenvalue weighted by molar-refractivity contribution is 6.30. The zero-order valence-electron chi connectivity index (χ0n) is 19.4. The molecule has 1 aliphatic rings. The number of carbonyl (C=O) groups excluding carboxylic acids is 1. The third-order valence-corrected chi connectivity index (χ3v) is 7.01. The smallest absolute Gasteiger partial charge is 0.217 e. The molecular weight excluding hydrogens is 448 g/mol. The van der Waals surface area contributed by atoms with Gasteiger partial charge in [-0.3, -0.25) is 4.79 Å². The maximum Gasteiger partial charge on any atom is 0.217 e. The summed E-state index contributed by atoms with van der Waals surface area (Å²) in [5, 5.41) is 5.12. The van der Waals surface area contributed by atoms with E-state index in [0.29, 0.717) is 16.5 Å². The number of fused-ring (bicyclic) bond motifs is 3. The molecule has 34 heavy (non-hydrogen) atoms. The van der Waals surface area contributed by atoms with Crippen LogP contribution in [0.25, 0.3) is 10.9 Å². The second-order valence-electron chi connectivity index (χ2n) is 8.74. The van der Waals surface area contributed by atoms with E-state index in [2.05, 4.69) is 34.6 Å². The second-order valence-corrected chi connectivity index (χ2v) is 9.17. The van der Waals surface area contributed by atoms with Crippen LogP contribution in [-0.4, -0.2) is 31.2 Å². The molecule has 0 radical (unpaired) electrons. The Hall–Kier alpha value is -3.44. The van der Waals surface area contributed by atoms with Gasteiger partial charge in [0.2, 0.25) is 5.91 Å². The number of carbonyl (C=O) groups is 1. The summed E-state index contributed by atoms with van der Waals surface area (Å²) in [6.45, 7) is 1.57. The van der Waals surface area contributed by atoms with Crippen LogP contribution in [0.3, 0.4) is 0 Å². The fraction of sp³-hybridized carbons (Fsp3) is 0.250. The summed E-state index contributed by atoms with van der Waals surface area (Å²) in [7, 11) is 3.29. The summed E-state index contributed by atoms with van der Waals surface area (Å²) in [6.07, 6.45) is 0.747. The van der Waals surface area contributed by atoms with Crippen molar-refractivity contribution >= 4 is 28.4 Å². The molecule has 4 aromatic rings. The van der Waals surface area contributed by atoms with Gasteiger partial charge < -0.3 is 19.8 Å². The number of para-hydroxylation sites is 1. The lowest BCUT2D eigenvalue weighted by Crippen LogP contribution is -2.42. The topological polar surface area (TPSA) is 63.3 Å². The van der Waals surface area contributed by atoms with Gasteiger partial charge in [-0.15, -0.1) is 0 Å². The maximum atomic E-state index is 12.3. The molecule has 3 atom stereocenters. The fourth-order valence-corrected chi connectivity index (χ4v) is 5.48. The number of H-pyrrole nitrogens is 1. The predicted octanol–water partition coefficient (Wildman–Crippen LogP) is 6.01. The number of rotatable bonds is 5. The van der Waals surface area contributed by atoms with Crippen molar-refractivity contribution in [3.8, 4) is 11.5 Å². The van der Waals surface area contributed by atoms with Gasteiger partial charge >= 0.3 is 0 Å². The van der Waals surface area contributed by atoms with Crippen molar-refractivity contribution in [1.82, 2.24) is 10.3 Å². The molecule has 0 unspecified atom stereocenters. The molecule has 6 heteroatoms. The summed E-state index contributed by atoms with van der Waals surface area (Å²) in [5.74, 6) is 1.37. The lowest BCUT2D eigenvalue weighted by Gasteiger charge is -2.37. The van der Waals surface area contributed by atoms with Crippen LogP contribution < -0.4 is 14.8 Å². The molecule has 0 fully saturated rings. The zero-order chi connectivity index (χ0) is 23.8. The number of hydrogen-bond donors (Lipinski definition) is 2. The Labute approximate surface area is 204 Å². The highest BCUT2D eigenvalue weighted by Gasteiger charge is 2.39. The Morgan fingerprint density at radius 1 is 0.971 bits per heavy atom. The molecule has 174 valence electrons. The Morgan fingerprint density at radius 2 is 1.68 bits per heavy atom. The van der Waals surface area contributed by atoms with Crippen LogP contribution in [0.15, 0.2) is 66.7 Å². The number of amides is 1. The lowest BCUT2D eigenvalue weighted by atomic mass is 9.71. The maximum absolute atomic E-state index is 12.3. The van der Waals surface area contributed by atoms with Gasteiger partial charge in [-0.25, -0.2) is 0 Å². The molecule has 0 saturated heterocycles. The number of nitrogens with one attached hydrogen (secondary N) is 2. The third-order valence-electron chi connectivity index (χ3n) is 6.76. The van der Waals surface area contributed by atoms with Crippen LogP contribution in [0.4, 0.5) is 0 Å². The zero-order valence-corrected chi connectivity index (χ0v) is 20.1. The minimum absolute atomic E-state index is 0.0278. The van der Waals surface area contributed by atoms with Crippen molar-refractivity contribution in [2.24, 2.45) is 0 Å². The van der Waals surface area contributed by atoms with Crippen LogP contribution in [0, 0.1) is 0 Å². The van der Waals surface area contributed by atoms with Crippen molar-refractivity contribution in [3.05, 3.63) is 94.1 Å². The van der Waals surface area contributed by atoms with Crippen molar-refractivity contribution < 1.29 is 14.3 Å². The highest BCUT2D eigenvalue weighted by Crippen LogP contribution is 2.49. The molecule has 0 spiro atoms. The molecule has 5 rings (SSSR count). The number of hydrogen-bond acceptors (Lipinski definition) is 3. The third kappa shape index (κ3) is 3.90. The lowest BCUT2D eigenvalue weighted by molar-refractivity contribution is -0.119. The molecule has 0 saturated carbocycles. The van der Waals surface area contributed by atoms with E-state index in [-0.39, 0.29) is 23.8 Å². The van der Waals surface area contributed by atoms with Crippen LogP contribution in [0.5, 0.6) is 11.5 Å². The molecule has 0 bridgehead atoms. The molecule has 1 heterocycles. The Balaban J connectivity index is 1.73. The average Bonchev–Trinajstić information content (AvgIpc) is 3.23. The summed E-state index contributed by atoms with van der Waals surface area (Å²) in [6, 6.07) is 22.3. The normalized spacial score (nSPS) is 19.5. The molecular formula is C28H27ClN2O3. The van der Waals surface area contributed by atoms with E-state index in [1.807, 2.05) is 42.5 Å². The van der Waals surface area contributed by atoms with Crippen LogP contribution >= 0.6 is 11.6 Å². The van der Waals surface area contributed by atoms with E-state index in [0.717, 1.165) is 28.8 Å². The molecule has 1 aliphatic carbocycles. The highest BCUT2D eigenvalue weighted by atomic mass is 35.5. The van der Waals surface area contributed by atoms with Gasteiger partial charge in [-0.05, 0) is 53.4 Å². The Kier molecular flexibility index (Phi) is 5.96. The fourth-order valence-electron chi connectivity index (χ4n) is 5.36.